The molecule has 0 aliphatic rings. The standard InChI is InChI=1S/C14H26O3/c1-4-6-7-9-15-12-13-16-10-8-11-17-14(3)5-2/h5H,2-4,6-13H2,1H3. The minimum atomic E-state index is 0.615. The lowest BCUT2D eigenvalue weighted by atomic mass is 10.3. The highest BCUT2D eigenvalue weighted by Gasteiger charge is 1.92. The van der Waals surface area contributed by atoms with Gasteiger partial charge in [-0.3, -0.25) is 0 Å². The number of hydrogen-bond acceptors (Lipinski definition) is 3. The SMILES string of the molecule is C=CC(=C)OCCCOCCOCCCCC. The lowest BCUT2D eigenvalue weighted by Gasteiger charge is -2.07. The van der Waals surface area contributed by atoms with Gasteiger partial charge in [-0.2, -0.15) is 0 Å². The molecule has 0 amide bonds. The second-order valence-corrected chi connectivity index (χ2v) is 3.80. The molecule has 0 rings (SSSR count). The highest BCUT2D eigenvalue weighted by molar-refractivity contribution is 5.01. The van der Waals surface area contributed by atoms with Crippen molar-refractivity contribution in [3.63, 3.8) is 0 Å². The van der Waals surface area contributed by atoms with Crippen LogP contribution in [0.25, 0.3) is 0 Å². The molecule has 0 atom stereocenters. The van der Waals surface area contributed by atoms with Crippen molar-refractivity contribution < 1.29 is 14.2 Å². The molecule has 0 aromatic rings. The van der Waals surface area contributed by atoms with Crippen LogP contribution in [-0.2, 0) is 14.2 Å². The third kappa shape index (κ3) is 13.1. The molecule has 0 aromatic heterocycles. The first kappa shape index (κ1) is 16.2. The molecule has 0 radical (unpaired) electrons. The molecule has 100 valence electrons. The first-order chi connectivity index (χ1) is 8.31. The molecule has 0 bridgehead atoms. The van der Waals surface area contributed by atoms with E-state index in [0.29, 0.717) is 32.2 Å². The van der Waals surface area contributed by atoms with E-state index in [9.17, 15) is 0 Å². The van der Waals surface area contributed by atoms with Crippen LogP contribution in [0.5, 0.6) is 0 Å². The van der Waals surface area contributed by atoms with Crippen LogP contribution in [0.3, 0.4) is 0 Å². The fourth-order valence-electron chi connectivity index (χ4n) is 1.20. The van der Waals surface area contributed by atoms with E-state index in [2.05, 4.69) is 20.1 Å². The number of unbranched alkanes of at least 4 members (excludes halogenated alkanes) is 2. The zero-order valence-corrected chi connectivity index (χ0v) is 11.1. The second-order valence-electron chi connectivity index (χ2n) is 3.80. The summed E-state index contributed by atoms with van der Waals surface area (Å²) in [6.07, 6.45) is 6.09. The van der Waals surface area contributed by atoms with E-state index in [1.807, 2.05) is 0 Å². The first-order valence-corrected chi connectivity index (χ1v) is 6.41. The number of allylic oxidation sites excluding steroid dienone is 1. The van der Waals surface area contributed by atoms with Crippen molar-refractivity contribution in [1.82, 2.24) is 0 Å². The molecule has 0 aromatic carbocycles. The van der Waals surface area contributed by atoms with E-state index in [1.165, 1.54) is 12.8 Å². The van der Waals surface area contributed by atoms with Gasteiger partial charge in [0.05, 0.1) is 19.8 Å². The highest BCUT2D eigenvalue weighted by atomic mass is 16.5. The molecule has 17 heavy (non-hydrogen) atoms. The molecule has 0 spiro atoms. The minimum Gasteiger partial charge on any atom is -0.494 e. The maximum absolute atomic E-state index is 5.41. The Labute approximate surface area is 105 Å². The Balaban J connectivity index is 2.98. The molecular formula is C14H26O3. The zero-order valence-electron chi connectivity index (χ0n) is 11.1. The number of hydrogen-bond donors (Lipinski definition) is 0. The van der Waals surface area contributed by atoms with Crippen LogP contribution >= 0.6 is 0 Å². The zero-order chi connectivity index (χ0) is 12.8. The molecular weight excluding hydrogens is 216 g/mol. The smallest absolute Gasteiger partial charge is 0.111 e. The van der Waals surface area contributed by atoms with E-state index in [4.69, 9.17) is 14.2 Å². The average molecular weight is 242 g/mol. The Morgan fingerprint density at radius 2 is 1.59 bits per heavy atom. The fourth-order valence-corrected chi connectivity index (χ4v) is 1.20. The molecule has 3 heteroatoms. The maximum Gasteiger partial charge on any atom is 0.111 e. The molecule has 0 saturated carbocycles. The summed E-state index contributed by atoms with van der Waals surface area (Å²) in [6.45, 7) is 12.9. The van der Waals surface area contributed by atoms with Gasteiger partial charge in [0.1, 0.15) is 5.76 Å². The van der Waals surface area contributed by atoms with Crippen LogP contribution in [0.2, 0.25) is 0 Å². The molecule has 0 unspecified atom stereocenters. The van der Waals surface area contributed by atoms with Crippen molar-refractivity contribution in [1.29, 1.82) is 0 Å². The normalized spacial score (nSPS) is 10.2. The second kappa shape index (κ2) is 13.3. The van der Waals surface area contributed by atoms with Gasteiger partial charge in [-0.15, -0.1) is 0 Å². The topological polar surface area (TPSA) is 27.7 Å². The summed E-state index contributed by atoms with van der Waals surface area (Å²) in [4.78, 5) is 0. The van der Waals surface area contributed by atoms with Crippen molar-refractivity contribution in [2.45, 2.75) is 32.6 Å². The highest BCUT2D eigenvalue weighted by Crippen LogP contribution is 1.96. The van der Waals surface area contributed by atoms with Gasteiger partial charge in [0.15, 0.2) is 0 Å². The van der Waals surface area contributed by atoms with E-state index < -0.39 is 0 Å². The Kier molecular flexibility index (Phi) is 12.6. The molecule has 0 aliphatic carbocycles. The lowest BCUT2D eigenvalue weighted by Crippen LogP contribution is -2.07. The Hall–Kier alpha value is -0.800. The van der Waals surface area contributed by atoms with Crippen LogP contribution in [0.4, 0.5) is 0 Å². The summed E-state index contributed by atoms with van der Waals surface area (Å²) in [5, 5.41) is 0. The van der Waals surface area contributed by atoms with Gasteiger partial charge in [0.25, 0.3) is 0 Å². The molecule has 0 N–H and O–H groups in total. The summed E-state index contributed by atoms with van der Waals surface area (Å²) in [7, 11) is 0. The molecule has 0 saturated heterocycles. The molecule has 0 fully saturated rings. The Bertz CT molecular complexity index is 190. The van der Waals surface area contributed by atoms with Crippen LogP contribution in [-0.4, -0.2) is 33.0 Å². The third-order valence-electron chi connectivity index (χ3n) is 2.21. The van der Waals surface area contributed by atoms with Crippen LogP contribution in [0.15, 0.2) is 25.0 Å². The molecule has 3 nitrogen and oxygen atoms in total. The Morgan fingerprint density at radius 1 is 0.941 bits per heavy atom. The predicted octanol–water partition coefficient (Wildman–Crippen LogP) is 3.32. The minimum absolute atomic E-state index is 0.615. The number of ether oxygens (including phenoxy) is 3. The summed E-state index contributed by atoms with van der Waals surface area (Å²) in [5.74, 6) is 0.615. The van der Waals surface area contributed by atoms with Crippen LogP contribution in [0, 0.1) is 0 Å². The monoisotopic (exact) mass is 242 g/mol. The summed E-state index contributed by atoms with van der Waals surface area (Å²) in [5.41, 5.74) is 0. The molecule has 0 heterocycles. The van der Waals surface area contributed by atoms with E-state index in [-0.39, 0.29) is 0 Å². The van der Waals surface area contributed by atoms with Gasteiger partial charge < -0.3 is 14.2 Å². The summed E-state index contributed by atoms with van der Waals surface area (Å²) >= 11 is 0. The van der Waals surface area contributed by atoms with Gasteiger partial charge in [-0.05, 0) is 12.5 Å². The van der Waals surface area contributed by atoms with E-state index >= 15 is 0 Å². The van der Waals surface area contributed by atoms with Gasteiger partial charge >= 0.3 is 0 Å². The van der Waals surface area contributed by atoms with E-state index in [1.54, 1.807) is 6.08 Å². The van der Waals surface area contributed by atoms with Crippen molar-refractivity contribution in [2.75, 3.05) is 33.0 Å². The van der Waals surface area contributed by atoms with Gasteiger partial charge in [0, 0.05) is 19.6 Å². The van der Waals surface area contributed by atoms with Crippen molar-refractivity contribution >= 4 is 0 Å². The largest absolute Gasteiger partial charge is 0.494 e. The quantitative estimate of drug-likeness (QED) is 0.282. The maximum atomic E-state index is 5.41. The number of rotatable bonds is 13. The lowest BCUT2D eigenvalue weighted by molar-refractivity contribution is 0.0399. The summed E-state index contributed by atoms with van der Waals surface area (Å²) < 4.78 is 16.0. The average Bonchev–Trinajstić information content (AvgIpc) is 2.35. The molecule has 0 aliphatic heterocycles. The van der Waals surface area contributed by atoms with Crippen molar-refractivity contribution in [3.8, 4) is 0 Å². The predicted molar refractivity (Wildman–Crippen MR) is 71.1 cm³/mol. The Morgan fingerprint density at radius 3 is 2.18 bits per heavy atom. The third-order valence-corrected chi connectivity index (χ3v) is 2.21. The van der Waals surface area contributed by atoms with Crippen LogP contribution < -0.4 is 0 Å². The van der Waals surface area contributed by atoms with Gasteiger partial charge in [-0.1, -0.05) is 32.9 Å². The van der Waals surface area contributed by atoms with Crippen molar-refractivity contribution in [2.24, 2.45) is 0 Å². The van der Waals surface area contributed by atoms with Gasteiger partial charge in [0.2, 0.25) is 0 Å². The first-order valence-electron chi connectivity index (χ1n) is 6.41. The van der Waals surface area contributed by atoms with Gasteiger partial charge in [-0.25, -0.2) is 0 Å². The van der Waals surface area contributed by atoms with E-state index in [0.717, 1.165) is 19.4 Å². The van der Waals surface area contributed by atoms with Crippen LogP contribution in [0.1, 0.15) is 32.6 Å². The fraction of sp³-hybridized carbons (Fsp3) is 0.714. The summed E-state index contributed by atoms with van der Waals surface area (Å²) in [6, 6.07) is 0. The van der Waals surface area contributed by atoms with Crippen molar-refractivity contribution in [3.05, 3.63) is 25.0 Å².